The highest BCUT2D eigenvalue weighted by atomic mass is 35.5. The van der Waals surface area contributed by atoms with Crippen LogP contribution in [-0.2, 0) is 0 Å². The molecular weight excluding hydrogens is 226 g/mol. The molecule has 0 amide bonds. The van der Waals surface area contributed by atoms with Crippen molar-refractivity contribution < 1.29 is 9.53 Å². The van der Waals surface area contributed by atoms with E-state index >= 15 is 0 Å². The van der Waals surface area contributed by atoms with Crippen LogP contribution in [0.1, 0.15) is 30.6 Å². The van der Waals surface area contributed by atoms with Gasteiger partial charge in [-0.3, -0.25) is 4.79 Å². The van der Waals surface area contributed by atoms with Gasteiger partial charge in [-0.05, 0) is 32.0 Å². The van der Waals surface area contributed by atoms with Gasteiger partial charge in [-0.1, -0.05) is 11.6 Å². The van der Waals surface area contributed by atoms with E-state index in [9.17, 15) is 4.79 Å². The summed E-state index contributed by atoms with van der Waals surface area (Å²) in [6.45, 7) is 3.61. The summed E-state index contributed by atoms with van der Waals surface area (Å²) in [6.07, 6.45) is 0.254. The average Bonchev–Trinajstić information content (AvgIpc) is 2.15. The van der Waals surface area contributed by atoms with Crippen LogP contribution in [0.25, 0.3) is 0 Å². The second kappa shape index (κ2) is 4.85. The molecule has 1 aromatic rings. The first-order chi connectivity index (χ1) is 7.33. The van der Waals surface area contributed by atoms with E-state index in [1.54, 1.807) is 18.2 Å². The summed E-state index contributed by atoms with van der Waals surface area (Å²) in [5.74, 6) is 0.463. The van der Waals surface area contributed by atoms with Crippen molar-refractivity contribution >= 4 is 17.4 Å². The average molecular weight is 242 g/mol. The van der Waals surface area contributed by atoms with Crippen molar-refractivity contribution in [1.82, 2.24) is 0 Å². The third kappa shape index (κ3) is 3.51. The Morgan fingerprint density at radius 3 is 2.62 bits per heavy atom. The number of carbonyl (C=O) groups excluding carboxylic acids is 1. The molecule has 0 heterocycles. The molecule has 0 saturated carbocycles. The zero-order chi connectivity index (χ0) is 12.3. The number of carbonyl (C=O) groups is 1. The summed E-state index contributed by atoms with van der Waals surface area (Å²) in [5, 5.41) is 0.513. The van der Waals surface area contributed by atoms with Crippen LogP contribution in [0.15, 0.2) is 18.2 Å². The molecule has 0 radical (unpaired) electrons. The first-order valence-corrected chi connectivity index (χ1v) is 5.37. The highest BCUT2D eigenvalue weighted by Gasteiger charge is 2.20. The summed E-state index contributed by atoms with van der Waals surface area (Å²) in [7, 11) is 1.52. The summed E-state index contributed by atoms with van der Waals surface area (Å²) in [5.41, 5.74) is 5.75. The molecule has 0 aliphatic carbocycles. The van der Waals surface area contributed by atoms with Crippen molar-refractivity contribution in [3.05, 3.63) is 28.8 Å². The van der Waals surface area contributed by atoms with Crippen molar-refractivity contribution in [1.29, 1.82) is 0 Å². The van der Waals surface area contributed by atoms with Crippen LogP contribution >= 0.6 is 11.6 Å². The number of rotatable bonds is 4. The van der Waals surface area contributed by atoms with Crippen LogP contribution in [0.3, 0.4) is 0 Å². The molecule has 3 nitrogen and oxygen atoms in total. The molecule has 0 atom stereocenters. The van der Waals surface area contributed by atoms with E-state index in [-0.39, 0.29) is 12.2 Å². The van der Waals surface area contributed by atoms with E-state index in [0.29, 0.717) is 16.3 Å². The van der Waals surface area contributed by atoms with E-state index in [0.717, 1.165) is 0 Å². The lowest BCUT2D eigenvalue weighted by atomic mass is 9.95. The van der Waals surface area contributed by atoms with Gasteiger partial charge in [-0.2, -0.15) is 0 Å². The Bertz CT molecular complexity index is 396. The molecule has 0 spiro atoms. The van der Waals surface area contributed by atoms with Crippen molar-refractivity contribution in [2.45, 2.75) is 25.8 Å². The van der Waals surface area contributed by atoms with Crippen molar-refractivity contribution in [3.63, 3.8) is 0 Å². The number of ketones is 1. The number of benzene rings is 1. The molecule has 2 N–H and O–H groups in total. The molecule has 0 aliphatic heterocycles. The molecule has 0 unspecified atom stereocenters. The van der Waals surface area contributed by atoms with E-state index in [4.69, 9.17) is 22.1 Å². The number of hydrogen-bond acceptors (Lipinski definition) is 3. The van der Waals surface area contributed by atoms with Gasteiger partial charge in [0.05, 0.1) is 12.7 Å². The Morgan fingerprint density at radius 1 is 1.50 bits per heavy atom. The number of Topliss-reactive ketones (excluding diaryl/α,β-unsaturated/α-hetero) is 1. The van der Waals surface area contributed by atoms with Gasteiger partial charge in [0, 0.05) is 17.0 Å². The maximum Gasteiger partial charge on any atom is 0.168 e. The Kier molecular flexibility index (Phi) is 3.94. The number of halogens is 1. The highest BCUT2D eigenvalue weighted by molar-refractivity contribution is 6.31. The van der Waals surface area contributed by atoms with E-state index in [1.807, 2.05) is 13.8 Å². The Hall–Kier alpha value is -1.06. The second-order valence-electron chi connectivity index (χ2n) is 4.43. The molecule has 0 aliphatic rings. The minimum Gasteiger partial charge on any atom is -0.496 e. The molecule has 0 fully saturated rings. The molecule has 4 heteroatoms. The SMILES string of the molecule is COc1ccc(Cl)cc1C(=O)CC(C)(C)N. The van der Waals surface area contributed by atoms with Gasteiger partial charge in [0.2, 0.25) is 0 Å². The summed E-state index contributed by atoms with van der Waals surface area (Å²) >= 11 is 5.85. The van der Waals surface area contributed by atoms with Crippen molar-refractivity contribution in [3.8, 4) is 5.75 Å². The van der Waals surface area contributed by atoms with Gasteiger partial charge in [0.15, 0.2) is 5.78 Å². The smallest absolute Gasteiger partial charge is 0.168 e. The summed E-state index contributed by atoms with van der Waals surface area (Å²) in [4.78, 5) is 12.0. The zero-order valence-electron chi connectivity index (χ0n) is 9.71. The predicted octanol–water partition coefficient (Wildman–Crippen LogP) is 2.66. The standard InChI is InChI=1S/C12H16ClNO2/c1-12(2,14)7-10(15)9-6-8(13)4-5-11(9)16-3/h4-6H,7,14H2,1-3H3. The van der Waals surface area contributed by atoms with Crippen molar-refractivity contribution in [2.75, 3.05) is 7.11 Å². The molecule has 0 bridgehead atoms. The fourth-order valence-electron chi connectivity index (χ4n) is 1.41. The lowest BCUT2D eigenvalue weighted by Gasteiger charge is -2.18. The van der Waals surface area contributed by atoms with Gasteiger partial charge in [-0.25, -0.2) is 0 Å². The molecule has 88 valence electrons. The maximum atomic E-state index is 12.0. The van der Waals surface area contributed by atoms with E-state index in [1.165, 1.54) is 7.11 Å². The first-order valence-electron chi connectivity index (χ1n) is 4.99. The molecular formula is C12H16ClNO2. The third-order valence-corrected chi connectivity index (χ3v) is 2.31. The van der Waals surface area contributed by atoms with E-state index < -0.39 is 5.54 Å². The van der Waals surface area contributed by atoms with E-state index in [2.05, 4.69) is 0 Å². The van der Waals surface area contributed by atoms with Gasteiger partial charge in [0.25, 0.3) is 0 Å². The Morgan fingerprint density at radius 2 is 2.12 bits per heavy atom. The quantitative estimate of drug-likeness (QED) is 0.825. The van der Waals surface area contributed by atoms with Crippen LogP contribution in [0.4, 0.5) is 0 Å². The number of ether oxygens (including phenoxy) is 1. The lowest BCUT2D eigenvalue weighted by molar-refractivity contribution is 0.0957. The molecule has 1 aromatic carbocycles. The van der Waals surface area contributed by atoms with Gasteiger partial charge in [-0.15, -0.1) is 0 Å². The minimum atomic E-state index is -0.537. The van der Waals surface area contributed by atoms with Gasteiger partial charge < -0.3 is 10.5 Å². The molecule has 1 rings (SSSR count). The van der Waals surface area contributed by atoms with Gasteiger partial charge in [0.1, 0.15) is 5.75 Å². The van der Waals surface area contributed by atoms with Crippen molar-refractivity contribution in [2.24, 2.45) is 5.73 Å². The monoisotopic (exact) mass is 241 g/mol. The Labute approximate surface area is 101 Å². The largest absolute Gasteiger partial charge is 0.496 e. The molecule has 16 heavy (non-hydrogen) atoms. The number of methoxy groups -OCH3 is 1. The Balaban J connectivity index is 3.02. The summed E-state index contributed by atoms with van der Waals surface area (Å²) < 4.78 is 5.12. The van der Waals surface area contributed by atoms with Crippen LogP contribution in [-0.4, -0.2) is 18.4 Å². The predicted molar refractivity (Wildman–Crippen MR) is 65.2 cm³/mol. The topological polar surface area (TPSA) is 52.3 Å². The molecule has 0 saturated heterocycles. The van der Waals surface area contributed by atoms with Gasteiger partial charge >= 0.3 is 0 Å². The second-order valence-corrected chi connectivity index (χ2v) is 4.87. The number of hydrogen-bond donors (Lipinski definition) is 1. The lowest BCUT2D eigenvalue weighted by Crippen LogP contribution is -2.34. The fraction of sp³-hybridized carbons (Fsp3) is 0.417. The van der Waals surface area contributed by atoms with Crippen LogP contribution < -0.4 is 10.5 Å². The maximum absolute atomic E-state index is 12.0. The van der Waals surface area contributed by atoms with Crippen LogP contribution in [0.2, 0.25) is 5.02 Å². The first kappa shape index (κ1) is 13.0. The molecule has 0 aromatic heterocycles. The normalized spacial score (nSPS) is 11.3. The minimum absolute atomic E-state index is 0.0631. The zero-order valence-corrected chi connectivity index (χ0v) is 10.5. The highest BCUT2D eigenvalue weighted by Crippen LogP contribution is 2.25. The van der Waals surface area contributed by atoms with Crippen LogP contribution in [0, 0.1) is 0 Å². The third-order valence-electron chi connectivity index (χ3n) is 2.08. The fourth-order valence-corrected chi connectivity index (χ4v) is 1.58. The number of nitrogens with two attached hydrogens (primary N) is 1. The summed E-state index contributed by atoms with van der Waals surface area (Å²) in [6, 6.07) is 4.97. The van der Waals surface area contributed by atoms with Crippen LogP contribution in [0.5, 0.6) is 5.75 Å².